The second-order valence-electron chi connectivity index (χ2n) is 6.26. The smallest absolute Gasteiger partial charge is 0.310 e. The van der Waals surface area contributed by atoms with Gasteiger partial charge in [-0.1, -0.05) is 11.6 Å². The van der Waals surface area contributed by atoms with Crippen molar-refractivity contribution in [3.63, 3.8) is 0 Å². The molecule has 27 heavy (non-hydrogen) atoms. The second-order valence-corrected chi connectivity index (χ2v) is 8.57. The molecule has 10 heteroatoms. The van der Waals surface area contributed by atoms with Crippen molar-refractivity contribution in [1.29, 1.82) is 0 Å². The molecular weight excluding hydrogens is 396 g/mol. The molecule has 8 nitrogen and oxygen atoms in total. The lowest BCUT2D eigenvalue weighted by molar-refractivity contribution is -0.149. The van der Waals surface area contributed by atoms with Crippen LogP contribution in [0.4, 0.5) is 0 Å². The number of nitrogens with zero attached hydrogens (tertiary/aromatic N) is 1. The first-order chi connectivity index (χ1) is 12.7. The Bertz CT molecular complexity index is 827. The molecule has 2 rings (SSSR count). The Kier molecular flexibility index (Phi) is 7.07. The molecule has 0 unspecified atom stereocenters. The summed E-state index contributed by atoms with van der Waals surface area (Å²) in [5, 5.41) is 0.0391. The van der Waals surface area contributed by atoms with Crippen molar-refractivity contribution >= 4 is 33.5 Å². The number of amides is 1. The maximum Gasteiger partial charge on any atom is 0.310 e. The number of carbonyl (C=O) groups is 2. The van der Waals surface area contributed by atoms with Crippen LogP contribution in [0.15, 0.2) is 17.0 Å². The van der Waals surface area contributed by atoms with Gasteiger partial charge in [0.05, 0.1) is 17.5 Å². The van der Waals surface area contributed by atoms with Gasteiger partial charge in [-0.05, 0) is 38.3 Å². The number of sulfonamides is 1. The summed E-state index contributed by atoms with van der Waals surface area (Å²) in [6.45, 7) is 3.55. The van der Waals surface area contributed by atoms with E-state index in [0.717, 1.165) is 0 Å². The van der Waals surface area contributed by atoms with Gasteiger partial charge in [0.25, 0.3) is 5.91 Å². The molecular formula is C17H23ClN2O6S. The van der Waals surface area contributed by atoms with Gasteiger partial charge in [0.2, 0.25) is 10.0 Å². The average Bonchev–Trinajstić information content (AvgIpc) is 2.61. The van der Waals surface area contributed by atoms with Crippen LogP contribution in [0.1, 0.15) is 25.3 Å². The number of benzene rings is 1. The Morgan fingerprint density at radius 3 is 2.70 bits per heavy atom. The molecule has 0 radical (unpaired) electrons. The van der Waals surface area contributed by atoms with Crippen LogP contribution in [0, 0.1) is 12.8 Å². The molecule has 1 fully saturated rings. The van der Waals surface area contributed by atoms with Gasteiger partial charge in [-0.15, -0.1) is 0 Å². The number of ether oxygens (including phenoxy) is 2. The van der Waals surface area contributed by atoms with E-state index in [2.05, 4.69) is 0 Å². The fraction of sp³-hybridized carbons (Fsp3) is 0.529. The van der Waals surface area contributed by atoms with Crippen molar-refractivity contribution in [3.8, 4) is 5.75 Å². The highest BCUT2D eigenvalue weighted by Gasteiger charge is 2.35. The van der Waals surface area contributed by atoms with E-state index in [9.17, 15) is 18.0 Å². The Morgan fingerprint density at radius 1 is 1.37 bits per heavy atom. The lowest BCUT2D eigenvalue weighted by Crippen LogP contribution is -2.42. The molecule has 0 spiro atoms. The van der Waals surface area contributed by atoms with E-state index >= 15 is 0 Å². The molecule has 1 aromatic carbocycles. The number of esters is 1. The van der Waals surface area contributed by atoms with E-state index in [1.807, 2.05) is 0 Å². The first kappa shape index (κ1) is 21.5. The Hall–Kier alpha value is -1.84. The molecule has 1 aliphatic rings. The molecule has 1 atom stereocenters. The van der Waals surface area contributed by atoms with Crippen LogP contribution >= 0.6 is 11.6 Å². The summed E-state index contributed by atoms with van der Waals surface area (Å²) in [6, 6.07) is 2.74. The van der Waals surface area contributed by atoms with E-state index in [-0.39, 0.29) is 42.0 Å². The summed E-state index contributed by atoms with van der Waals surface area (Å²) in [7, 11) is -3.95. The van der Waals surface area contributed by atoms with Crippen molar-refractivity contribution in [2.24, 2.45) is 11.7 Å². The Morgan fingerprint density at radius 2 is 2.07 bits per heavy atom. The number of aryl methyl sites for hydroxylation is 1. The molecule has 1 aliphatic heterocycles. The van der Waals surface area contributed by atoms with Gasteiger partial charge < -0.3 is 15.2 Å². The van der Waals surface area contributed by atoms with E-state index < -0.39 is 27.8 Å². The van der Waals surface area contributed by atoms with Gasteiger partial charge in [0, 0.05) is 19.2 Å². The highest BCUT2D eigenvalue weighted by Crippen LogP contribution is 2.33. The average molecular weight is 419 g/mol. The molecule has 150 valence electrons. The number of piperidine rings is 1. The fourth-order valence-electron chi connectivity index (χ4n) is 2.89. The van der Waals surface area contributed by atoms with Crippen molar-refractivity contribution in [1.82, 2.24) is 4.31 Å². The zero-order valence-corrected chi connectivity index (χ0v) is 16.8. The molecule has 1 aromatic rings. The number of nitrogens with two attached hydrogens (primary N) is 1. The van der Waals surface area contributed by atoms with Gasteiger partial charge in [0.1, 0.15) is 10.6 Å². The van der Waals surface area contributed by atoms with E-state index in [0.29, 0.717) is 18.4 Å². The first-order valence-corrected chi connectivity index (χ1v) is 10.4. The van der Waals surface area contributed by atoms with Gasteiger partial charge in [-0.25, -0.2) is 8.42 Å². The summed E-state index contributed by atoms with van der Waals surface area (Å²) < 4.78 is 37.7. The number of hydrogen-bond acceptors (Lipinski definition) is 6. The monoisotopic (exact) mass is 418 g/mol. The van der Waals surface area contributed by atoms with Crippen LogP contribution in [-0.2, 0) is 24.3 Å². The van der Waals surface area contributed by atoms with Gasteiger partial charge in [0.15, 0.2) is 6.61 Å². The van der Waals surface area contributed by atoms with Gasteiger partial charge >= 0.3 is 5.97 Å². The zero-order valence-electron chi connectivity index (χ0n) is 15.2. The first-order valence-electron chi connectivity index (χ1n) is 8.54. The van der Waals surface area contributed by atoms with Crippen LogP contribution in [0.2, 0.25) is 5.02 Å². The topological polar surface area (TPSA) is 116 Å². The fourth-order valence-corrected chi connectivity index (χ4v) is 4.98. The SMILES string of the molecule is CCOC(=O)[C@@H]1CCCN(S(=O)(=O)c2cc(OCC(N)=O)c(C)cc2Cl)C1. The summed E-state index contributed by atoms with van der Waals surface area (Å²) in [6.07, 6.45) is 1.11. The van der Waals surface area contributed by atoms with E-state index in [1.165, 1.54) is 16.4 Å². The van der Waals surface area contributed by atoms with Gasteiger partial charge in [-0.3, -0.25) is 9.59 Å². The van der Waals surface area contributed by atoms with Gasteiger partial charge in [-0.2, -0.15) is 4.31 Å². The summed E-state index contributed by atoms with van der Waals surface area (Å²) in [5.41, 5.74) is 5.64. The number of rotatable bonds is 7. The Labute approximate surface area is 163 Å². The quantitative estimate of drug-likeness (QED) is 0.670. The molecule has 1 amide bonds. The molecule has 0 aromatic heterocycles. The van der Waals surface area contributed by atoms with Crippen LogP contribution in [0.5, 0.6) is 5.75 Å². The van der Waals surface area contributed by atoms with Crippen molar-refractivity contribution in [2.75, 3.05) is 26.3 Å². The number of hydrogen-bond donors (Lipinski definition) is 1. The summed E-state index contributed by atoms with van der Waals surface area (Å²) >= 11 is 6.17. The third kappa shape index (κ3) is 5.12. The van der Waals surface area contributed by atoms with Crippen molar-refractivity contribution in [2.45, 2.75) is 31.6 Å². The normalized spacial score (nSPS) is 18.1. The zero-order chi connectivity index (χ0) is 20.2. The lowest BCUT2D eigenvalue weighted by atomic mass is 10.0. The minimum Gasteiger partial charge on any atom is -0.483 e. The molecule has 1 saturated heterocycles. The minimum absolute atomic E-state index is 0.0306. The number of halogens is 1. The van der Waals surface area contributed by atoms with E-state index in [1.54, 1.807) is 13.8 Å². The summed E-state index contributed by atoms with van der Waals surface area (Å²) in [5.74, 6) is -1.39. The molecule has 0 aliphatic carbocycles. The molecule has 1 heterocycles. The standard InChI is InChI=1S/C17H23ClN2O6S/c1-3-25-17(22)12-5-4-6-20(9-12)27(23,24)15-8-14(26-10-16(19)21)11(2)7-13(15)18/h7-8,12H,3-6,9-10H2,1-2H3,(H2,19,21)/t12-/m1/s1. The highest BCUT2D eigenvalue weighted by atomic mass is 35.5. The Balaban J connectivity index is 2.30. The molecule has 0 bridgehead atoms. The third-order valence-corrected chi connectivity index (χ3v) is 6.55. The van der Waals surface area contributed by atoms with Crippen LogP contribution in [0.3, 0.4) is 0 Å². The maximum atomic E-state index is 13.1. The predicted molar refractivity (Wildman–Crippen MR) is 99.0 cm³/mol. The van der Waals surface area contributed by atoms with Crippen LogP contribution in [0.25, 0.3) is 0 Å². The second kappa shape index (κ2) is 8.90. The predicted octanol–water partition coefficient (Wildman–Crippen LogP) is 1.48. The summed E-state index contributed by atoms with van der Waals surface area (Å²) in [4.78, 5) is 22.8. The highest BCUT2D eigenvalue weighted by molar-refractivity contribution is 7.89. The lowest BCUT2D eigenvalue weighted by Gasteiger charge is -2.31. The molecule has 2 N–H and O–H groups in total. The maximum absolute atomic E-state index is 13.1. The van der Waals surface area contributed by atoms with Crippen molar-refractivity contribution in [3.05, 3.63) is 22.7 Å². The number of primary amides is 1. The van der Waals surface area contributed by atoms with E-state index in [4.69, 9.17) is 26.8 Å². The minimum atomic E-state index is -3.95. The third-order valence-electron chi connectivity index (χ3n) is 4.22. The number of carbonyl (C=O) groups excluding carboxylic acids is 2. The van der Waals surface area contributed by atoms with Crippen LogP contribution in [-0.4, -0.2) is 50.9 Å². The van der Waals surface area contributed by atoms with Crippen molar-refractivity contribution < 1.29 is 27.5 Å². The van der Waals surface area contributed by atoms with Crippen LogP contribution < -0.4 is 10.5 Å². The molecule has 0 saturated carbocycles. The largest absolute Gasteiger partial charge is 0.483 e.